The average molecular weight is 272 g/mol. The predicted octanol–water partition coefficient (Wildman–Crippen LogP) is 3.39. The Labute approximate surface area is 123 Å². The van der Waals surface area contributed by atoms with Gasteiger partial charge >= 0.3 is 0 Å². The van der Waals surface area contributed by atoms with Crippen molar-refractivity contribution in [3.8, 4) is 0 Å². The lowest BCUT2D eigenvalue weighted by atomic mass is 9.94. The molecule has 2 nitrogen and oxygen atoms in total. The van der Waals surface area contributed by atoms with Crippen molar-refractivity contribution in [3.05, 3.63) is 35.4 Å². The molecule has 2 heteroatoms. The first-order valence-electron chi connectivity index (χ1n) is 8.30. The van der Waals surface area contributed by atoms with E-state index in [0.29, 0.717) is 0 Å². The zero-order chi connectivity index (χ0) is 13.8. The topological polar surface area (TPSA) is 15.3 Å². The lowest BCUT2D eigenvalue weighted by molar-refractivity contribution is 0.211. The number of rotatable bonds is 6. The lowest BCUT2D eigenvalue weighted by Crippen LogP contribution is -2.31. The minimum Gasteiger partial charge on any atom is -0.313 e. The van der Waals surface area contributed by atoms with E-state index in [1.165, 1.54) is 57.3 Å². The molecule has 0 radical (unpaired) electrons. The van der Waals surface area contributed by atoms with Crippen LogP contribution in [0.1, 0.15) is 49.1 Å². The summed E-state index contributed by atoms with van der Waals surface area (Å²) < 4.78 is 0. The highest BCUT2D eigenvalue weighted by molar-refractivity contribution is 5.33. The van der Waals surface area contributed by atoms with Crippen LogP contribution in [0.25, 0.3) is 0 Å². The molecule has 1 aromatic carbocycles. The molecule has 1 saturated carbocycles. The van der Waals surface area contributed by atoms with Crippen molar-refractivity contribution < 1.29 is 0 Å². The van der Waals surface area contributed by atoms with Gasteiger partial charge in [-0.3, -0.25) is 0 Å². The van der Waals surface area contributed by atoms with E-state index in [9.17, 15) is 0 Å². The second-order valence-corrected chi connectivity index (χ2v) is 6.69. The van der Waals surface area contributed by atoms with Gasteiger partial charge in [-0.15, -0.1) is 0 Å². The van der Waals surface area contributed by atoms with Gasteiger partial charge < -0.3 is 10.2 Å². The van der Waals surface area contributed by atoms with Gasteiger partial charge in [0.05, 0.1) is 0 Å². The summed E-state index contributed by atoms with van der Waals surface area (Å²) in [6.07, 6.45) is 6.91. The van der Waals surface area contributed by atoms with Gasteiger partial charge in [0.2, 0.25) is 0 Å². The first kappa shape index (κ1) is 14.1. The molecule has 0 aromatic heterocycles. The third kappa shape index (κ3) is 3.83. The summed E-state index contributed by atoms with van der Waals surface area (Å²) in [6.45, 7) is 4.80. The number of hydrogen-bond acceptors (Lipinski definition) is 2. The molecular formula is C18H28N2. The average Bonchev–Trinajstić information content (AvgIpc) is 3.30. The minimum absolute atomic E-state index is 0.863. The van der Waals surface area contributed by atoms with Crippen molar-refractivity contribution in [3.63, 3.8) is 0 Å². The number of nitrogens with zero attached hydrogens (tertiary/aromatic N) is 1. The Morgan fingerprint density at radius 1 is 1.10 bits per heavy atom. The predicted molar refractivity (Wildman–Crippen MR) is 85.0 cm³/mol. The molecule has 2 aliphatic rings. The maximum absolute atomic E-state index is 3.67. The third-order valence-electron chi connectivity index (χ3n) is 4.96. The smallest absolute Gasteiger partial charge is 0.0208 e. The first-order chi connectivity index (χ1) is 9.83. The molecule has 0 amide bonds. The summed E-state index contributed by atoms with van der Waals surface area (Å²) in [6, 6.07) is 9.00. The Balaban J connectivity index is 1.39. The molecular weight excluding hydrogens is 244 g/mol. The van der Waals surface area contributed by atoms with Gasteiger partial charge in [0.1, 0.15) is 0 Å². The van der Waals surface area contributed by atoms with Gasteiger partial charge in [0.15, 0.2) is 0 Å². The molecule has 0 spiro atoms. The number of likely N-dealkylation sites (tertiary alicyclic amines) is 1. The minimum atomic E-state index is 0.863. The van der Waals surface area contributed by atoms with E-state index in [0.717, 1.165) is 18.4 Å². The van der Waals surface area contributed by atoms with Crippen LogP contribution in [-0.2, 0) is 6.54 Å². The Morgan fingerprint density at radius 2 is 1.85 bits per heavy atom. The van der Waals surface area contributed by atoms with E-state index in [1.807, 2.05) is 0 Å². The van der Waals surface area contributed by atoms with E-state index in [4.69, 9.17) is 0 Å². The molecule has 3 rings (SSSR count). The van der Waals surface area contributed by atoms with Gasteiger partial charge in [-0.25, -0.2) is 0 Å². The number of piperidine rings is 1. The zero-order valence-corrected chi connectivity index (χ0v) is 12.8. The van der Waals surface area contributed by atoms with E-state index in [-0.39, 0.29) is 0 Å². The van der Waals surface area contributed by atoms with Crippen LogP contribution in [-0.4, -0.2) is 31.6 Å². The fraction of sp³-hybridized carbons (Fsp3) is 0.667. The van der Waals surface area contributed by atoms with Crippen LogP contribution in [0, 0.1) is 5.92 Å². The molecule has 2 fully saturated rings. The molecule has 0 unspecified atom stereocenters. The zero-order valence-electron chi connectivity index (χ0n) is 12.8. The fourth-order valence-electron chi connectivity index (χ4n) is 3.37. The fourth-order valence-corrected chi connectivity index (χ4v) is 3.37. The van der Waals surface area contributed by atoms with Crippen LogP contribution in [0.5, 0.6) is 0 Å². The molecule has 0 bridgehead atoms. The van der Waals surface area contributed by atoms with Crippen LogP contribution in [0.3, 0.4) is 0 Å². The molecule has 110 valence electrons. The Hall–Kier alpha value is -0.860. The molecule has 1 N–H and O–H groups in total. The van der Waals surface area contributed by atoms with Gasteiger partial charge in [-0.05, 0) is 81.7 Å². The second-order valence-electron chi connectivity index (χ2n) is 6.69. The van der Waals surface area contributed by atoms with Gasteiger partial charge in [-0.2, -0.15) is 0 Å². The van der Waals surface area contributed by atoms with Crippen LogP contribution >= 0.6 is 0 Å². The molecule has 20 heavy (non-hydrogen) atoms. The van der Waals surface area contributed by atoms with Crippen molar-refractivity contribution >= 4 is 0 Å². The van der Waals surface area contributed by atoms with Crippen LogP contribution in [0.4, 0.5) is 0 Å². The van der Waals surface area contributed by atoms with Crippen LogP contribution in [0.2, 0.25) is 0 Å². The Bertz CT molecular complexity index is 417. The summed E-state index contributed by atoms with van der Waals surface area (Å²) in [5.41, 5.74) is 3.12. The van der Waals surface area contributed by atoms with E-state index < -0.39 is 0 Å². The molecule has 1 aromatic rings. The summed E-state index contributed by atoms with van der Waals surface area (Å²) >= 11 is 0. The van der Waals surface area contributed by atoms with Crippen molar-refractivity contribution in [1.82, 2.24) is 10.2 Å². The van der Waals surface area contributed by atoms with Crippen molar-refractivity contribution in [2.24, 2.45) is 5.92 Å². The maximum atomic E-state index is 3.67. The van der Waals surface area contributed by atoms with Gasteiger partial charge in [0.25, 0.3) is 0 Å². The normalized spacial score (nSPS) is 21.2. The summed E-state index contributed by atoms with van der Waals surface area (Å²) in [5, 5.41) is 3.67. The SMILES string of the molecule is CN1CCC(CCNCc2ccccc2C2CC2)CC1. The highest BCUT2D eigenvalue weighted by atomic mass is 15.1. The summed E-state index contributed by atoms with van der Waals surface area (Å²) in [4.78, 5) is 2.45. The lowest BCUT2D eigenvalue weighted by Gasteiger charge is -2.28. The van der Waals surface area contributed by atoms with E-state index >= 15 is 0 Å². The molecule has 1 aliphatic carbocycles. The highest BCUT2D eigenvalue weighted by Gasteiger charge is 2.25. The second kappa shape index (κ2) is 6.73. The highest BCUT2D eigenvalue weighted by Crippen LogP contribution is 2.41. The largest absolute Gasteiger partial charge is 0.313 e. The Kier molecular flexibility index (Phi) is 4.74. The van der Waals surface area contributed by atoms with Crippen molar-refractivity contribution in [2.75, 3.05) is 26.7 Å². The number of nitrogens with one attached hydrogen (secondary N) is 1. The van der Waals surface area contributed by atoms with Gasteiger partial charge in [0, 0.05) is 6.54 Å². The number of benzene rings is 1. The van der Waals surface area contributed by atoms with Crippen LogP contribution in [0.15, 0.2) is 24.3 Å². The van der Waals surface area contributed by atoms with Gasteiger partial charge in [-0.1, -0.05) is 24.3 Å². The molecule has 1 saturated heterocycles. The Morgan fingerprint density at radius 3 is 2.60 bits per heavy atom. The number of hydrogen-bond donors (Lipinski definition) is 1. The standard InChI is InChI=1S/C18H28N2/c1-20-12-9-15(10-13-20)8-11-19-14-17-4-2-3-5-18(17)16-6-7-16/h2-5,15-16,19H,6-14H2,1H3. The molecule has 0 atom stereocenters. The maximum Gasteiger partial charge on any atom is 0.0208 e. The quantitative estimate of drug-likeness (QED) is 0.799. The summed E-state index contributed by atoms with van der Waals surface area (Å²) in [5.74, 6) is 1.80. The molecule has 1 aliphatic heterocycles. The van der Waals surface area contributed by atoms with Crippen LogP contribution < -0.4 is 5.32 Å². The van der Waals surface area contributed by atoms with E-state index in [1.54, 1.807) is 5.56 Å². The molecule has 1 heterocycles. The van der Waals surface area contributed by atoms with E-state index in [2.05, 4.69) is 41.5 Å². The van der Waals surface area contributed by atoms with Crippen molar-refractivity contribution in [1.29, 1.82) is 0 Å². The third-order valence-corrected chi connectivity index (χ3v) is 4.96. The monoisotopic (exact) mass is 272 g/mol. The van der Waals surface area contributed by atoms with Crippen molar-refractivity contribution in [2.45, 2.75) is 44.6 Å². The first-order valence-corrected chi connectivity index (χ1v) is 8.30. The summed E-state index contributed by atoms with van der Waals surface area (Å²) in [7, 11) is 2.24.